The molecule has 0 amide bonds. The smallest absolute Gasteiger partial charge is 0.162 e. The van der Waals surface area contributed by atoms with E-state index in [1.165, 1.54) is 0 Å². The summed E-state index contributed by atoms with van der Waals surface area (Å²) >= 11 is 11.9. The third-order valence-corrected chi connectivity index (χ3v) is 2.67. The molecule has 2 aromatic heterocycles. The Morgan fingerprint density at radius 2 is 1.93 bits per heavy atom. The van der Waals surface area contributed by atoms with Gasteiger partial charge in [0.25, 0.3) is 0 Å². The van der Waals surface area contributed by atoms with Crippen molar-refractivity contribution in [2.24, 2.45) is 0 Å². The third kappa shape index (κ3) is 1.82. The minimum Gasteiger partial charge on any atom is -0.216 e. The minimum atomic E-state index is -0.0250. The SMILES string of the molecule is CC(C)(C)c1cnn2c(Cl)cc(Cl)nc12. The van der Waals surface area contributed by atoms with E-state index in [0.717, 1.165) is 11.2 Å². The molecule has 0 N–H and O–H groups in total. The number of nitrogens with zero attached hydrogens (tertiary/aromatic N) is 3. The third-order valence-electron chi connectivity index (χ3n) is 2.21. The van der Waals surface area contributed by atoms with E-state index in [0.29, 0.717) is 10.3 Å². The predicted octanol–water partition coefficient (Wildman–Crippen LogP) is 3.33. The van der Waals surface area contributed by atoms with Crippen molar-refractivity contribution in [1.82, 2.24) is 14.6 Å². The lowest BCUT2D eigenvalue weighted by atomic mass is 9.89. The Bertz CT molecular complexity index is 511. The Balaban J connectivity index is 2.80. The van der Waals surface area contributed by atoms with Crippen LogP contribution in [0.25, 0.3) is 5.65 Å². The first kappa shape index (κ1) is 10.7. The van der Waals surface area contributed by atoms with Gasteiger partial charge < -0.3 is 0 Å². The summed E-state index contributed by atoms with van der Waals surface area (Å²) in [7, 11) is 0. The van der Waals surface area contributed by atoms with Gasteiger partial charge in [0.15, 0.2) is 5.65 Å². The van der Waals surface area contributed by atoms with Crippen LogP contribution in [0, 0.1) is 0 Å². The van der Waals surface area contributed by atoms with E-state index < -0.39 is 0 Å². The van der Waals surface area contributed by atoms with Gasteiger partial charge in [0.05, 0.1) is 6.20 Å². The summed E-state index contributed by atoms with van der Waals surface area (Å²) in [6.07, 6.45) is 1.78. The second kappa shape index (κ2) is 3.35. The topological polar surface area (TPSA) is 30.2 Å². The van der Waals surface area contributed by atoms with Crippen molar-refractivity contribution in [1.29, 1.82) is 0 Å². The Kier molecular flexibility index (Phi) is 2.40. The van der Waals surface area contributed by atoms with Crippen LogP contribution in [0.4, 0.5) is 0 Å². The largest absolute Gasteiger partial charge is 0.216 e. The van der Waals surface area contributed by atoms with Crippen molar-refractivity contribution in [3.63, 3.8) is 0 Å². The molecule has 15 heavy (non-hydrogen) atoms. The van der Waals surface area contributed by atoms with Gasteiger partial charge in [-0.05, 0) is 5.41 Å². The quantitative estimate of drug-likeness (QED) is 0.665. The van der Waals surface area contributed by atoms with Crippen LogP contribution in [0.1, 0.15) is 26.3 Å². The van der Waals surface area contributed by atoms with Crippen LogP contribution in [0.2, 0.25) is 10.3 Å². The molecule has 0 radical (unpaired) electrons. The number of aromatic nitrogens is 3. The molecule has 0 fully saturated rings. The summed E-state index contributed by atoms with van der Waals surface area (Å²) < 4.78 is 1.59. The van der Waals surface area contributed by atoms with E-state index in [1.807, 2.05) is 0 Å². The molecule has 0 aliphatic carbocycles. The van der Waals surface area contributed by atoms with Crippen LogP contribution in [0.5, 0.6) is 0 Å². The lowest BCUT2D eigenvalue weighted by Gasteiger charge is -2.16. The highest BCUT2D eigenvalue weighted by Gasteiger charge is 2.21. The van der Waals surface area contributed by atoms with Gasteiger partial charge in [0, 0.05) is 11.6 Å². The molecule has 5 heteroatoms. The summed E-state index contributed by atoms with van der Waals surface area (Å²) in [5, 5.41) is 5.05. The lowest BCUT2D eigenvalue weighted by molar-refractivity contribution is 0.594. The zero-order valence-corrected chi connectivity index (χ0v) is 10.3. The summed E-state index contributed by atoms with van der Waals surface area (Å²) in [4.78, 5) is 4.24. The fraction of sp³-hybridized carbons (Fsp3) is 0.400. The van der Waals surface area contributed by atoms with Crippen molar-refractivity contribution in [3.05, 3.63) is 28.1 Å². The highest BCUT2D eigenvalue weighted by Crippen LogP contribution is 2.27. The van der Waals surface area contributed by atoms with Gasteiger partial charge in [-0.1, -0.05) is 44.0 Å². The molecule has 0 saturated heterocycles. The van der Waals surface area contributed by atoms with Gasteiger partial charge >= 0.3 is 0 Å². The fourth-order valence-corrected chi connectivity index (χ4v) is 1.89. The maximum Gasteiger partial charge on any atom is 0.162 e. The van der Waals surface area contributed by atoms with Gasteiger partial charge in [0.1, 0.15) is 10.3 Å². The first-order valence-electron chi connectivity index (χ1n) is 4.60. The molecular weight excluding hydrogens is 233 g/mol. The zero-order valence-electron chi connectivity index (χ0n) is 8.75. The van der Waals surface area contributed by atoms with Gasteiger partial charge in [0.2, 0.25) is 0 Å². The van der Waals surface area contributed by atoms with Crippen molar-refractivity contribution < 1.29 is 0 Å². The molecular formula is C10H11Cl2N3. The van der Waals surface area contributed by atoms with Crippen molar-refractivity contribution in [3.8, 4) is 0 Å². The monoisotopic (exact) mass is 243 g/mol. The van der Waals surface area contributed by atoms with Gasteiger partial charge in [-0.3, -0.25) is 0 Å². The highest BCUT2D eigenvalue weighted by molar-refractivity contribution is 6.33. The molecule has 3 nitrogen and oxygen atoms in total. The van der Waals surface area contributed by atoms with Crippen molar-refractivity contribution >= 4 is 28.8 Å². The normalized spacial score (nSPS) is 12.3. The Morgan fingerprint density at radius 1 is 1.27 bits per heavy atom. The lowest BCUT2D eigenvalue weighted by Crippen LogP contribution is -2.11. The molecule has 0 saturated carbocycles. The van der Waals surface area contributed by atoms with Crippen LogP contribution < -0.4 is 0 Å². The average molecular weight is 244 g/mol. The first-order chi connectivity index (χ1) is 6.89. The van der Waals surface area contributed by atoms with E-state index in [2.05, 4.69) is 30.9 Å². The number of halogens is 2. The second-order valence-corrected chi connectivity index (χ2v) is 5.22. The fourth-order valence-electron chi connectivity index (χ4n) is 1.43. The van der Waals surface area contributed by atoms with Gasteiger partial charge in [-0.2, -0.15) is 5.10 Å². The molecule has 2 heterocycles. The highest BCUT2D eigenvalue weighted by atomic mass is 35.5. The van der Waals surface area contributed by atoms with E-state index in [-0.39, 0.29) is 5.41 Å². The van der Waals surface area contributed by atoms with E-state index in [4.69, 9.17) is 23.2 Å². The van der Waals surface area contributed by atoms with Crippen LogP contribution in [-0.4, -0.2) is 14.6 Å². The molecule has 0 spiro atoms. The number of hydrogen-bond acceptors (Lipinski definition) is 2. The zero-order chi connectivity index (χ0) is 11.2. The van der Waals surface area contributed by atoms with Crippen LogP contribution >= 0.6 is 23.2 Å². The predicted molar refractivity (Wildman–Crippen MR) is 61.7 cm³/mol. The molecule has 0 aliphatic rings. The summed E-state index contributed by atoms with van der Waals surface area (Å²) in [5.41, 5.74) is 1.73. The first-order valence-corrected chi connectivity index (χ1v) is 5.35. The summed E-state index contributed by atoms with van der Waals surface area (Å²) in [6, 6.07) is 1.58. The Morgan fingerprint density at radius 3 is 2.53 bits per heavy atom. The summed E-state index contributed by atoms with van der Waals surface area (Å²) in [6.45, 7) is 6.29. The number of rotatable bonds is 0. The standard InChI is InChI=1S/C10H11Cl2N3/c1-10(2,3)6-5-13-15-8(12)4-7(11)14-9(6)15/h4-5H,1-3H3. The Labute approximate surface area is 98.0 Å². The van der Waals surface area contributed by atoms with E-state index in [1.54, 1.807) is 16.8 Å². The average Bonchev–Trinajstić information content (AvgIpc) is 2.45. The van der Waals surface area contributed by atoms with Crippen molar-refractivity contribution in [2.45, 2.75) is 26.2 Å². The maximum atomic E-state index is 6.00. The molecule has 0 unspecified atom stereocenters. The Hall–Kier alpha value is -0.800. The second-order valence-electron chi connectivity index (χ2n) is 4.45. The maximum absolute atomic E-state index is 6.00. The van der Waals surface area contributed by atoms with Crippen LogP contribution in [0.3, 0.4) is 0 Å². The molecule has 80 valence electrons. The van der Waals surface area contributed by atoms with Crippen molar-refractivity contribution in [2.75, 3.05) is 0 Å². The molecule has 2 aromatic rings. The van der Waals surface area contributed by atoms with Gasteiger partial charge in [-0.25, -0.2) is 9.50 Å². The molecule has 0 bridgehead atoms. The molecule has 0 aromatic carbocycles. The summed E-state index contributed by atoms with van der Waals surface area (Å²) in [5.74, 6) is 0. The minimum absolute atomic E-state index is 0.0250. The van der Waals surface area contributed by atoms with Crippen LogP contribution in [-0.2, 0) is 5.41 Å². The van der Waals surface area contributed by atoms with Crippen LogP contribution in [0.15, 0.2) is 12.3 Å². The van der Waals surface area contributed by atoms with Gasteiger partial charge in [-0.15, -0.1) is 0 Å². The number of hydrogen-bond donors (Lipinski definition) is 0. The number of fused-ring (bicyclic) bond motifs is 1. The molecule has 0 atom stereocenters. The molecule has 0 aliphatic heterocycles. The molecule has 2 rings (SSSR count). The van der Waals surface area contributed by atoms with E-state index in [9.17, 15) is 0 Å². The van der Waals surface area contributed by atoms with E-state index >= 15 is 0 Å².